The predicted molar refractivity (Wildman–Crippen MR) is 85.7 cm³/mol. The quantitative estimate of drug-likeness (QED) is 0.595. The van der Waals surface area contributed by atoms with E-state index in [0.29, 0.717) is 5.92 Å². The largest absolute Gasteiger partial charge is 0.372 e. The zero-order valence-corrected chi connectivity index (χ0v) is 13.2. The highest BCUT2D eigenvalue weighted by Gasteiger charge is 2.20. The molecule has 0 spiro atoms. The van der Waals surface area contributed by atoms with Gasteiger partial charge in [0.25, 0.3) is 0 Å². The molecule has 1 aromatic rings. The molecule has 0 aliphatic heterocycles. The highest BCUT2D eigenvalue weighted by molar-refractivity contribution is 5.32. The van der Waals surface area contributed by atoms with Gasteiger partial charge in [-0.3, -0.25) is 0 Å². The van der Waals surface area contributed by atoms with Crippen LogP contribution in [-0.2, 0) is 11.2 Å². The summed E-state index contributed by atoms with van der Waals surface area (Å²) in [6.07, 6.45) is 11.1. The minimum atomic E-state index is 0.712. The molecule has 1 aliphatic rings. The van der Waals surface area contributed by atoms with Crippen LogP contribution in [-0.4, -0.2) is 6.61 Å². The van der Waals surface area contributed by atoms with Crippen LogP contribution < -0.4 is 0 Å². The Morgan fingerprint density at radius 2 is 1.90 bits per heavy atom. The molecule has 0 N–H and O–H groups in total. The molecule has 0 saturated heterocycles. The van der Waals surface area contributed by atoms with Crippen LogP contribution in [0, 0.1) is 6.10 Å². The van der Waals surface area contributed by atoms with Crippen molar-refractivity contribution < 1.29 is 4.74 Å². The summed E-state index contributed by atoms with van der Waals surface area (Å²) in [7, 11) is 0. The lowest BCUT2D eigenvalue weighted by Crippen LogP contribution is -2.13. The second-order valence-electron chi connectivity index (χ2n) is 5.96. The van der Waals surface area contributed by atoms with Crippen molar-refractivity contribution >= 4 is 0 Å². The third-order valence-corrected chi connectivity index (χ3v) is 4.32. The van der Waals surface area contributed by atoms with Crippen molar-refractivity contribution in [1.29, 1.82) is 0 Å². The van der Waals surface area contributed by atoms with Gasteiger partial charge in [0.1, 0.15) is 0 Å². The van der Waals surface area contributed by atoms with E-state index in [-0.39, 0.29) is 0 Å². The topological polar surface area (TPSA) is 9.23 Å². The molecule has 1 aromatic carbocycles. The molecule has 1 aliphatic carbocycles. The van der Waals surface area contributed by atoms with Crippen molar-refractivity contribution in [2.45, 2.75) is 71.1 Å². The molecule has 111 valence electrons. The molecule has 0 fully saturated rings. The van der Waals surface area contributed by atoms with Gasteiger partial charge in [-0.25, -0.2) is 0 Å². The molecule has 0 heterocycles. The Hall–Kier alpha value is -0.820. The molecule has 20 heavy (non-hydrogen) atoms. The Bertz CT molecular complexity index is 379. The molecule has 1 nitrogen and oxygen atoms in total. The van der Waals surface area contributed by atoms with Crippen molar-refractivity contribution in [3.05, 3.63) is 41.5 Å². The normalized spacial score (nSPS) is 18.2. The zero-order valence-electron chi connectivity index (χ0n) is 13.2. The second-order valence-corrected chi connectivity index (χ2v) is 5.96. The summed E-state index contributed by atoms with van der Waals surface area (Å²) in [6, 6.07) is 8.98. The van der Waals surface area contributed by atoms with E-state index in [9.17, 15) is 0 Å². The summed E-state index contributed by atoms with van der Waals surface area (Å²) in [5.74, 6) is 0.712. The average Bonchev–Trinajstić information content (AvgIpc) is 2.48. The van der Waals surface area contributed by atoms with Gasteiger partial charge in [-0.05, 0) is 55.6 Å². The Balaban J connectivity index is 1.82. The van der Waals surface area contributed by atoms with E-state index in [2.05, 4.69) is 38.1 Å². The first-order valence-electron chi connectivity index (χ1n) is 8.40. The minimum Gasteiger partial charge on any atom is -0.372 e. The standard InChI is InChI=1S/C19H29O/c1-3-8-18(9-4-2)20-15-14-17-12-7-11-16-10-5-6-13-19(16)17/h5-6,10,13,17H,3-4,7-9,11-12,14-15H2,1-2H3. The second kappa shape index (κ2) is 8.46. The van der Waals surface area contributed by atoms with E-state index in [1.165, 1.54) is 44.6 Å². The molecule has 0 amide bonds. The van der Waals surface area contributed by atoms with E-state index in [1.807, 2.05) is 0 Å². The Kier molecular flexibility index (Phi) is 6.59. The first kappa shape index (κ1) is 15.6. The summed E-state index contributed by atoms with van der Waals surface area (Å²) in [4.78, 5) is 0. The highest BCUT2D eigenvalue weighted by Crippen LogP contribution is 2.34. The van der Waals surface area contributed by atoms with E-state index in [4.69, 9.17) is 4.74 Å². The van der Waals surface area contributed by atoms with Crippen LogP contribution in [0.3, 0.4) is 0 Å². The van der Waals surface area contributed by atoms with Gasteiger partial charge in [-0.15, -0.1) is 0 Å². The van der Waals surface area contributed by atoms with Crippen LogP contribution in [0.1, 0.15) is 75.8 Å². The molecule has 0 aromatic heterocycles. The first-order valence-corrected chi connectivity index (χ1v) is 8.40. The molecule has 1 unspecified atom stereocenters. The summed E-state index contributed by atoms with van der Waals surface area (Å²) in [6.45, 7) is 5.36. The highest BCUT2D eigenvalue weighted by atomic mass is 16.5. The van der Waals surface area contributed by atoms with E-state index in [1.54, 1.807) is 11.1 Å². The average molecular weight is 273 g/mol. The fourth-order valence-corrected chi connectivity index (χ4v) is 3.33. The van der Waals surface area contributed by atoms with Crippen LogP contribution in [0.5, 0.6) is 0 Å². The van der Waals surface area contributed by atoms with Crippen molar-refractivity contribution in [3.8, 4) is 0 Å². The zero-order chi connectivity index (χ0) is 14.2. The lowest BCUT2D eigenvalue weighted by Gasteiger charge is -2.26. The number of ether oxygens (including phenoxy) is 1. The lowest BCUT2D eigenvalue weighted by atomic mass is 9.81. The van der Waals surface area contributed by atoms with Crippen molar-refractivity contribution in [2.75, 3.05) is 6.61 Å². The minimum absolute atomic E-state index is 0.712. The molecule has 0 bridgehead atoms. The van der Waals surface area contributed by atoms with E-state index >= 15 is 0 Å². The molecular weight excluding hydrogens is 244 g/mol. The maximum absolute atomic E-state index is 6.06. The third-order valence-electron chi connectivity index (χ3n) is 4.32. The first-order chi connectivity index (χ1) is 9.85. The fraction of sp³-hybridized carbons (Fsp3) is 0.632. The Labute approximate surface area is 124 Å². The van der Waals surface area contributed by atoms with Gasteiger partial charge in [0, 0.05) is 6.61 Å². The van der Waals surface area contributed by atoms with Crippen LogP contribution in [0.25, 0.3) is 0 Å². The number of hydrogen-bond donors (Lipinski definition) is 0. The summed E-state index contributed by atoms with van der Waals surface area (Å²) in [5, 5.41) is 0. The van der Waals surface area contributed by atoms with Crippen LogP contribution in [0.4, 0.5) is 0 Å². The van der Waals surface area contributed by atoms with Crippen molar-refractivity contribution in [1.82, 2.24) is 0 Å². The van der Waals surface area contributed by atoms with Gasteiger partial charge >= 0.3 is 0 Å². The van der Waals surface area contributed by atoms with Gasteiger partial charge in [0.2, 0.25) is 0 Å². The van der Waals surface area contributed by atoms with E-state index in [0.717, 1.165) is 19.4 Å². The van der Waals surface area contributed by atoms with Crippen molar-refractivity contribution in [2.24, 2.45) is 0 Å². The molecular formula is C19H29O. The smallest absolute Gasteiger partial charge is 0.0970 e. The number of hydrogen-bond acceptors (Lipinski definition) is 1. The number of fused-ring (bicyclic) bond motifs is 1. The third kappa shape index (κ3) is 4.34. The number of benzene rings is 1. The predicted octanol–water partition coefficient (Wildman–Crippen LogP) is 5.65. The van der Waals surface area contributed by atoms with Gasteiger partial charge in [-0.2, -0.15) is 0 Å². The lowest BCUT2D eigenvalue weighted by molar-refractivity contribution is 0.117. The number of rotatable bonds is 8. The van der Waals surface area contributed by atoms with Crippen LogP contribution >= 0.6 is 0 Å². The maximum atomic E-state index is 6.06. The van der Waals surface area contributed by atoms with Crippen molar-refractivity contribution in [3.63, 3.8) is 0 Å². The monoisotopic (exact) mass is 273 g/mol. The SMILES string of the molecule is CCC[C](CCC)OCCC1CCCc2ccccc21. The Morgan fingerprint density at radius 1 is 1.15 bits per heavy atom. The summed E-state index contributed by atoms with van der Waals surface area (Å²) < 4.78 is 6.06. The molecule has 1 radical (unpaired) electrons. The fourth-order valence-electron chi connectivity index (χ4n) is 3.33. The van der Waals surface area contributed by atoms with Crippen LogP contribution in [0.15, 0.2) is 24.3 Å². The van der Waals surface area contributed by atoms with Gasteiger partial charge < -0.3 is 4.74 Å². The van der Waals surface area contributed by atoms with Crippen LogP contribution in [0.2, 0.25) is 0 Å². The van der Waals surface area contributed by atoms with Gasteiger partial charge in [0.15, 0.2) is 0 Å². The Morgan fingerprint density at radius 3 is 2.65 bits per heavy atom. The van der Waals surface area contributed by atoms with Gasteiger partial charge in [0.05, 0.1) is 6.10 Å². The maximum Gasteiger partial charge on any atom is 0.0970 e. The summed E-state index contributed by atoms with van der Waals surface area (Å²) in [5.41, 5.74) is 3.14. The molecule has 2 rings (SSSR count). The van der Waals surface area contributed by atoms with E-state index < -0.39 is 0 Å². The molecule has 0 saturated carbocycles. The molecule has 1 atom stereocenters. The number of aryl methyl sites for hydroxylation is 1. The summed E-state index contributed by atoms with van der Waals surface area (Å²) >= 11 is 0. The molecule has 1 heteroatoms. The van der Waals surface area contributed by atoms with Gasteiger partial charge in [-0.1, -0.05) is 51.0 Å².